The minimum absolute atomic E-state index is 0. The van der Waals surface area contributed by atoms with Gasteiger partial charge >= 0.3 is 94.6 Å². The van der Waals surface area contributed by atoms with Gasteiger partial charge in [-0.05, 0) is 12.1 Å². The number of aromatic carboxylic acids is 1. The van der Waals surface area contributed by atoms with Gasteiger partial charge < -0.3 is 5.11 Å². The fraction of sp³-hybridized carbons (Fsp3) is 0. The molecule has 1 N–H and O–H groups in total. The van der Waals surface area contributed by atoms with E-state index < -0.39 is 5.97 Å². The molecule has 1 aromatic rings. The van der Waals surface area contributed by atoms with Crippen LogP contribution in [0.15, 0.2) is 30.3 Å². The first-order valence-electron chi connectivity index (χ1n) is 2.59. The van der Waals surface area contributed by atoms with Gasteiger partial charge in [-0.15, -0.1) is 0 Å². The third kappa shape index (κ3) is 7.13. The fourth-order valence-electron chi connectivity index (χ4n) is 0.581. The van der Waals surface area contributed by atoms with Crippen molar-refractivity contribution < 1.29 is 9.90 Å². The molecule has 0 saturated heterocycles. The molecule has 1 aromatic carbocycles. The molecule has 0 heterocycles. The number of hydrogen-bond acceptors (Lipinski definition) is 1. The summed E-state index contributed by atoms with van der Waals surface area (Å²) < 4.78 is 0. The van der Waals surface area contributed by atoms with Gasteiger partial charge in [0.2, 0.25) is 0 Å². The molecule has 12 heavy (non-hydrogen) atoms. The van der Waals surface area contributed by atoms with E-state index in [1.165, 1.54) is 0 Å². The molecule has 0 aliphatic heterocycles. The second-order valence-corrected chi connectivity index (χ2v) is 1.67. The quantitative estimate of drug-likeness (QED) is 0.608. The van der Waals surface area contributed by atoms with E-state index in [1.807, 2.05) is 0 Å². The summed E-state index contributed by atoms with van der Waals surface area (Å²) in [6.45, 7) is 0. The van der Waals surface area contributed by atoms with Crippen molar-refractivity contribution in [1.29, 1.82) is 0 Å². The maximum absolute atomic E-state index is 10.2. The number of benzene rings is 1. The van der Waals surface area contributed by atoms with Gasteiger partial charge in [-0.3, -0.25) is 0 Å². The van der Waals surface area contributed by atoms with Crippen LogP contribution in [0.25, 0.3) is 0 Å². The molecule has 0 bridgehead atoms. The molecule has 0 aliphatic rings. The average Bonchev–Trinajstić information content (AvgIpc) is 1.90. The molecule has 1 rings (SSSR count). The van der Waals surface area contributed by atoms with Crippen LogP contribution in [-0.4, -0.2) is 99.7 Å². The van der Waals surface area contributed by atoms with Crippen molar-refractivity contribution in [3.05, 3.63) is 35.9 Å². The third-order valence-corrected chi connectivity index (χ3v) is 1.02. The van der Waals surface area contributed by atoms with Crippen LogP contribution < -0.4 is 0 Å². The van der Waals surface area contributed by atoms with E-state index in [2.05, 4.69) is 0 Å². The van der Waals surface area contributed by atoms with Gasteiger partial charge in [0.05, 0.1) is 5.56 Å². The second kappa shape index (κ2) is 10.8. The standard InChI is InChI=1S/C7H6O2.3Na.3H/c8-7(9)6-4-2-1-3-5-6;;;;;;/h1-5H,(H,8,9);;;;;;. The van der Waals surface area contributed by atoms with Crippen molar-refractivity contribution in [2.24, 2.45) is 0 Å². The second-order valence-electron chi connectivity index (χ2n) is 1.67. The van der Waals surface area contributed by atoms with Crippen LogP contribution in [0, 0.1) is 0 Å². The molecule has 0 aliphatic carbocycles. The molecular formula is C7H9Na3O2. The van der Waals surface area contributed by atoms with Crippen LogP contribution in [0.4, 0.5) is 0 Å². The predicted octanol–water partition coefficient (Wildman–Crippen LogP) is -0.561. The first-order valence-corrected chi connectivity index (χ1v) is 2.59. The molecule has 0 atom stereocenters. The molecular weight excluding hydrogens is 185 g/mol. The Kier molecular flexibility index (Phi) is 17.3. The number of carboxylic acid groups (broad SMARTS) is 1. The van der Waals surface area contributed by atoms with Crippen molar-refractivity contribution in [2.75, 3.05) is 0 Å². The Hall–Kier alpha value is 1.69. The minimum atomic E-state index is -0.879. The zero-order chi connectivity index (χ0) is 6.69. The van der Waals surface area contributed by atoms with Gasteiger partial charge in [-0.1, -0.05) is 18.2 Å². The molecule has 0 saturated carbocycles. The van der Waals surface area contributed by atoms with Crippen molar-refractivity contribution in [1.82, 2.24) is 0 Å². The molecule has 0 fully saturated rings. The van der Waals surface area contributed by atoms with E-state index in [1.54, 1.807) is 30.3 Å². The van der Waals surface area contributed by atoms with Gasteiger partial charge in [-0.2, -0.15) is 0 Å². The first-order chi connectivity index (χ1) is 4.30. The SMILES string of the molecule is O=C(O)c1ccccc1.[NaH].[NaH].[NaH]. The molecule has 0 radical (unpaired) electrons. The Morgan fingerprint density at radius 1 is 1.00 bits per heavy atom. The van der Waals surface area contributed by atoms with Gasteiger partial charge in [-0.25, -0.2) is 4.79 Å². The number of hydrogen-bond donors (Lipinski definition) is 1. The fourth-order valence-corrected chi connectivity index (χ4v) is 0.581. The monoisotopic (exact) mass is 194 g/mol. The summed E-state index contributed by atoms with van der Waals surface area (Å²) in [6, 6.07) is 8.30. The molecule has 2 nitrogen and oxygen atoms in total. The van der Waals surface area contributed by atoms with Crippen LogP contribution in [0.1, 0.15) is 10.4 Å². The average molecular weight is 194 g/mol. The van der Waals surface area contributed by atoms with Gasteiger partial charge in [0.15, 0.2) is 0 Å². The van der Waals surface area contributed by atoms with Crippen LogP contribution in [0.3, 0.4) is 0 Å². The number of carbonyl (C=O) groups is 1. The van der Waals surface area contributed by atoms with Gasteiger partial charge in [0.1, 0.15) is 0 Å². The summed E-state index contributed by atoms with van der Waals surface area (Å²) >= 11 is 0. The maximum atomic E-state index is 10.2. The zero-order valence-electron chi connectivity index (χ0n) is 4.74. The van der Waals surface area contributed by atoms with Crippen LogP contribution in [0.2, 0.25) is 0 Å². The molecule has 0 unspecified atom stereocenters. The molecule has 52 valence electrons. The van der Waals surface area contributed by atoms with Crippen molar-refractivity contribution in [3.63, 3.8) is 0 Å². The summed E-state index contributed by atoms with van der Waals surface area (Å²) in [6.07, 6.45) is 0. The van der Waals surface area contributed by atoms with E-state index in [9.17, 15) is 4.79 Å². The van der Waals surface area contributed by atoms with Crippen LogP contribution in [-0.2, 0) is 0 Å². The summed E-state index contributed by atoms with van der Waals surface area (Å²) in [4.78, 5) is 10.2. The van der Waals surface area contributed by atoms with E-state index in [4.69, 9.17) is 5.11 Å². The topological polar surface area (TPSA) is 37.3 Å². The van der Waals surface area contributed by atoms with E-state index in [-0.39, 0.29) is 88.7 Å². The zero-order valence-corrected chi connectivity index (χ0v) is 4.74. The molecule has 5 heteroatoms. The Labute approximate surface area is 138 Å². The van der Waals surface area contributed by atoms with Crippen molar-refractivity contribution in [3.8, 4) is 0 Å². The van der Waals surface area contributed by atoms with Crippen LogP contribution >= 0.6 is 0 Å². The number of rotatable bonds is 1. The number of carboxylic acids is 1. The van der Waals surface area contributed by atoms with E-state index in [0.717, 1.165) is 0 Å². The van der Waals surface area contributed by atoms with E-state index >= 15 is 0 Å². The third-order valence-electron chi connectivity index (χ3n) is 1.02. The van der Waals surface area contributed by atoms with Crippen molar-refractivity contribution >= 4 is 94.6 Å². The molecule has 0 spiro atoms. The first kappa shape index (κ1) is 19.3. The van der Waals surface area contributed by atoms with Crippen molar-refractivity contribution in [2.45, 2.75) is 0 Å². The van der Waals surface area contributed by atoms with Gasteiger partial charge in [0.25, 0.3) is 0 Å². The van der Waals surface area contributed by atoms with Gasteiger partial charge in [0, 0.05) is 0 Å². The Morgan fingerprint density at radius 3 is 1.67 bits per heavy atom. The molecule has 0 amide bonds. The van der Waals surface area contributed by atoms with Crippen LogP contribution in [0.5, 0.6) is 0 Å². The Morgan fingerprint density at radius 2 is 1.42 bits per heavy atom. The summed E-state index contributed by atoms with van der Waals surface area (Å²) in [7, 11) is 0. The molecule has 0 aromatic heterocycles. The van der Waals surface area contributed by atoms with E-state index in [0.29, 0.717) is 5.56 Å². The summed E-state index contributed by atoms with van der Waals surface area (Å²) in [5.74, 6) is -0.879. The summed E-state index contributed by atoms with van der Waals surface area (Å²) in [5, 5.41) is 8.38. The summed E-state index contributed by atoms with van der Waals surface area (Å²) in [5.41, 5.74) is 0.331. The predicted molar refractivity (Wildman–Crippen MR) is 54.8 cm³/mol. The Balaban J connectivity index is -0.000000270. The normalized spacial score (nSPS) is 6.67. The Bertz CT molecular complexity index is 213.